The normalized spacial score (nSPS) is 10.3. The summed E-state index contributed by atoms with van der Waals surface area (Å²) in [6.07, 6.45) is 0. The summed E-state index contributed by atoms with van der Waals surface area (Å²) in [5.74, 6) is -0.116. The third kappa shape index (κ3) is 3.41. The van der Waals surface area contributed by atoms with E-state index >= 15 is 0 Å². The topological polar surface area (TPSA) is 42.0 Å². The fourth-order valence-electron chi connectivity index (χ4n) is 1.76. The van der Waals surface area contributed by atoms with Crippen molar-refractivity contribution in [2.45, 2.75) is 19.2 Å². The van der Waals surface area contributed by atoms with Gasteiger partial charge in [0.15, 0.2) is 0 Å². The van der Waals surface area contributed by atoms with Gasteiger partial charge in [0, 0.05) is 16.6 Å². The van der Waals surface area contributed by atoms with Crippen LogP contribution >= 0.6 is 15.9 Å². The van der Waals surface area contributed by atoms with Crippen molar-refractivity contribution in [1.29, 1.82) is 0 Å². The number of alkyl halides is 1. The van der Waals surface area contributed by atoms with Crippen LogP contribution in [0.3, 0.4) is 0 Å². The fourth-order valence-corrected chi connectivity index (χ4v) is 2.13. The van der Waals surface area contributed by atoms with Crippen molar-refractivity contribution in [1.82, 2.24) is 4.98 Å². The van der Waals surface area contributed by atoms with E-state index in [1.165, 1.54) is 0 Å². The Bertz CT molecular complexity index is 594. The van der Waals surface area contributed by atoms with Crippen molar-refractivity contribution in [2.24, 2.45) is 0 Å². The van der Waals surface area contributed by atoms with Gasteiger partial charge in [-0.3, -0.25) is 9.78 Å². The van der Waals surface area contributed by atoms with Gasteiger partial charge in [-0.1, -0.05) is 28.1 Å². The molecule has 0 aliphatic heterocycles. The molecule has 0 aliphatic rings. The quantitative estimate of drug-likeness (QED) is 0.873. The molecule has 1 amide bonds. The van der Waals surface area contributed by atoms with Crippen molar-refractivity contribution >= 4 is 27.5 Å². The van der Waals surface area contributed by atoms with Gasteiger partial charge in [-0.2, -0.15) is 0 Å². The lowest BCUT2D eigenvalue weighted by Crippen LogP contribution is -2.13. The van der Waals surface area contributed by atoms with E-state index in [9.17, 15) is 4.79 Å². The van der Waals surface area contributed by atoms with Gasteiger partial charge in [-0.15, -0.1) is 0 Å². The summed E-state index contributed by atoms with van der Waals surface area (Å²) in [4.78, 5) is 16.4. The van der Waals surface area contributed by atoms with Crippen LogP contribution in [0.2, 0.25) is 0 Å². The van der Waals surface area contributed by atoms with Crippen molar-refractivity contribution in [2.75, 3.05) is 5.32 Å². The minimum Gasteiger partial charge on any atom is -0.320 e. The number of amides is 1. The molecule has 98 valence electrons. The molecule has 1 aromatic heterocycles. The van der Waals surface area contributed by atoms with E-state index in [4.69, 9.17) is 0 Å². The molecule has 4 heteroatoms. The van der Waals surface area contributed by atoms with E-state index in [0.29, 0.717) is 5.56 Å². The zero-order valence-electron chi connectivity index (χ0n) is 10.9. The van der Waals surface area contributed by atoms with E-state index in [2.05, 4.69) is 26.2 Å². The van der Waals surface area contributed by atoms with Gasteiger partial charge in [0.05, 0.1) is 11.4 Å². The Balaban J connectivity index is 2.15. The molecule has 0 fully saturated rings. The SMILES string of the molecule is Cc1ccc(NC(=O)c2ccc(CBr)cc2)c(C)n1. The van der Waals surface area contributed by atoms with Crippen molar-refractivity contribution in [3.63, 3.8) is 0 Å². The summed E-state index contributed by atoms with van der Waals surface area (Å²) >= 11 is 3.38. The van der Waals surface area contributed by atoms with Gasteiger partial charge < -0.3 is 5.32 Å². The second kappa shape index (κ2) is 5.97. The van der Waals surface area contributed by atoms with Gasteiger partial charge in [0.25, 0.3) is 5.91 Å². The molecule has 0 spiro atoms. The molecule has 0 bridgehead atoms. The van der Waals surface area contributed by atoms with E-state index < -0.39 is 0 Å². The second-order valence-electron chi connectivity index (χ2n) is 4.37. The molecule has 0 aliphatic carbocycles. The maximum absolute atomic E-state index is 12.1. The molecular weight excluding hydrogens is 304 g/mol. The lowest BCUT2D eigenvalue weighted by atomic mass is 10.1. The summed E-state index contributed by atoms with van der Waals surface area (Å²) < 4.78 is 0. The molecule has 3 nitrogen and oxygen atoms in total. The third-order valence-electron chi connectivity index (χ3n) is 2.84. The van der Waals surface area contributed by atoms with Crippen molar-refractivity contribution in [3.8, 4) is 0 Å². The van der Waals surface area contributed by atoms with Crippen LogP contribution < -0.4 is 5.32 Å². The Morgan fingerprint density at radius 1 is 1.16 bits per heavy atom. The standard InChI is InChI=1S/C15H15BrN2O/c1-10-3-8-14(11(2)17-10)18-15(19)13-6-4-12(9-16)5-7-13/h3-8H,9H2,1-2H3,(H,18,19). The van der Waals surface area contributed by atoms with Crippen molar-refractivity contribution in [3.05, 3.63) is 58.9 Å². The molecule has 0 saturated carbocycles. The predicted octanol–water partition coefficient (Wildman–Crippen LogP) is 3.85. The summed E-state index contributed by atoms with van der Waals surface area (Å²) in [6, 6.07) is 11.3. The Morgan fingerprint density at radius 3 is 2.42 bits per heavy atom. The van der Waals surface area contributed by atoms with Crippen LogP contribution in [-0.4, -0.2) is 10.9 Å². The highest BCUT2D eigenvalue weighted by molar-refractivity contribution is 9.08. The maximum Gasteiger partial charge on any atom is 0.255 e. The van der Waals surface area contributed by atoms with Gasteiger partial charge in [-0.05, 0) is 43.7 Å². The number of aryl methyl sites for hydroxylation is 2. The van der Waals surface area contributed by atoms with Crippen LogP contribution in [0, 0.1) is 13.8 Å². The highest BCUT2D eigenvalue weighted by Gasteiger charge is 2.08. The van der Waals surface area contributed by atoms with Gasteiger partial charge in [0.2, 0.25) is 0 Å². The molecule has 1 aromatic carbocycles. The lowest BCUT2D eigenvalue weighted by molar-refractivity contribution is 0.102. The van der Waals surface area contributed by atoms with Crippen LogP contribution in [0.5, 0.6) is 0 Å². The summed E-state index contributed by atoms with van der Waals surface area (Å²) in [7, 11) is 0. The van der Waals surface area contributed by atoms with Crippen LogP contribution in [0.15, 0.2) is 36.4 Å². The first kappa shape index (κ1) is 13.7. The number of halogens is 1. The highest BCUT2D eigenvalue weighted by Crippen LogP contribution is 2.15. The number of anilines is 1. The van der Waals surface area contributed by atoms with Gasteiger partial charge in [0.1, 0.15) is 0 Å². The van der Waals surface area contributed by atoms with Gasteiger partial charge in [-0.25, -0.2) is 0 Å². The Kier molecular flexibility index (Phi) is 4.32. The van der Waals surface area contributed by atoms with E-state index in [0.717, 1.165) is 28.0 Å². The minimum atomic E-state index is -0.116. The number of hydrogen-bond donors (Lipinski definition) is 1. The van der Waals surface area contributed by atoms with E-state index in [1.807, 2.05) is 50.2 Å². The lowest BCUT2D eigenvalue weighted by Gasteiger charge is -2.08. The number of pyridine rings is 1. The largest absolute Gasteiger partial charge is 0.320 e. The summed E-state index contributed by atoms with van der Waals surface area (Å²) in [5, 5.41) is 3.67. The smallest absolute Gasteiger partial charge is 0.255 e. The molecule has 1 heterocycles. The van der Waals surface area contributed by atoms with E-state index in [1.54, 1.807) is 0 Å². The molecule has 2 aromatic rings. The average Bonchev–Trinajstić information content (AvgIpc) is 2.42. The number of benzene rings is 1. The Morgan fingerprint density at radius 2 is 1.84 bits per heavy atom. The maximum atomic E-state index is 12.1. The number of carbonyl (C=O) groups is 1. The molecule has 0 radical (unpaired) electrons. The molecular formula is C15H15BrN2O. The first-order valence-electron chi connectivity index (χ1n) is 6.00. The molecule has 19 heavy (non-hydrogen) atoms. The first-order valence-corrected chi connectivity index (χ1v) is 7.13. The zero-order chi connectivity index (χ0) is 13.8. The summed E-state index contributed by atoms with van der Waals surface area (Å²) in [6.45, 7) is 3.81. The molecule has 2 rings (SSSR count). The number of hydrogen-bond acceptors (Lipinski definition) is 2. The Labute approximate surface area is 121 Å². The number of nitrogens with one attached hydrogen (secondary N) is 1. The second-order valence-corrected chi connectivity index (χ2v) is 4.93. The summed E-state index contributed by atoms with van der Waals surface area (Å²) in [5.41, 5.74) is 4.30. The molecule has 0 unspecified atom stereocenters. The van der Waals surface area contributed by atoms with Crippen LogP contribution in [-0.2, 0) is 5.33 Å². The number of carbonyl (C=O) groups excluding carboxylic acids is 1. The zero-order valence-corrected chi connectivity index (χ0v) is 12.5. The Hall–Kier alpha value is -1.68. The number of rotatable bonds is 3. The molecule has 1 N–H and O–H groups in total. The predicted molar refractivity (Wildman–Crippen MR) is 80.7 cm³/mol. The highest BCUT2D eigenvalue weighted by atomic mass is 79.9. The van der Waals surface area contributed by atoms with Crippen LogP contribution in [0.1, 0.15) is 27.3 Å². The minimum absolute atomic E-state index is 0.116. The third-order valence-corrected chi connectivity index (χ3v) is 3.49. The van der Waals surface area contributed by atoms with Gasteiger partial charge >= 0.3 is 0 Å². The van der Waals surface area contributed by atoms with Crippen LogP contribution in [0.4, 0.5) is 5.69 Å². The van der Waals surface area contributed by atoms with E-state index in [-0.39, 0.29) is 5.91 Å². The number of nitrogens with zero attached hydrogens (tertiary/aromatic N) is 1. The number of aromatic nitrogens is 1. The first-order chi connectivity index (χ1) is 9.10. The monoisotopic (exact) mass is 318 g/mol. The average molecular weight is 319 g/mol. The fraction of sp³-hybridized carbons (Fsp3) is 0.200. The molecule has 0 saturated heterocycles. The van der Waals surface area contributed by atoms with Crippen molar-refractivity contribution < 1.29 is 4.79 Å². The molecule has 0 atom stereocenters. The van der Waals surface area contributed by atoms with Crippen LogP contribution in [0.25, 0.3) is 0 Å².